The molecule has 4 nitrogen and oxygen atoms in total. The zero-order chi connectivity index (χ0) is 15.7. The molecule has 2 aromatic heterocycles. The molecule has 112 valence electrons. The largest absolute Gasteiger partial charge is 0.298 e. The van der Waals surface area contributed by atoms with Gasteiger partial charge in [-0.2, -0.15) is 0 Å². The quantitative estimate of drug-likeness (QED) is 0.739. The van der Waals surface area contributed by atoms with Crippen LogP contribution >= 0.6 is 34.3 Å². The summed E-state index contributed by atoms with van der Waals surface area (Å²) < 4.78 is 0. The van der Waals surface area contributed by atoms with E-state index in [0.717, 1.165) is 21.3 Å². The lowest BCUT2D eigenvalue weighted by molar-refractivity contribution is 0.102. The molecule has 7 heteroatoms. The number of halogens is 1. The van der Waals surface area contributed by atoms with Gasteiger partial charge in [-0.15, -0.1) is 22.7 Å². The highest BCUT2D eigenvalue weighted by atomic mass is 35.5. The van der Waals surface area contributed by atoms with Gasteiger partial charge in [0.25, 0.3) is 5.91 Å². The van der Waals surface area contributed by atoms with Crippen molar-refractivity contribution in [1.29, 1.82) is 0 Å². The normalized spacial score (nSPS) is 10.7. The number of carbonyl (C=O) groups excluding carboxylic acids is 1. The highest BCUT2D eigenvalue weighted by Crippen LogP contribution is 2.32. The van der Waals surface area contributed by atoms with Crippen molar-refractivity contribution in [2.24, 2.45) is 0 Å². The molecule has 1 N–H and O–H groups in total. The molecular weight excluding hydrogens is 338 g/mol. The molecule has 3 rings (SSSR count). The molecule has 0 saturated carbocycles. The van der Waals surface area contributed by atoms with Crippen molar-refractivity contribution >= 4 is 45.3 Å². The minimum atomic E-state index is -0.199. The van der Waals surface area contributed by atoms with Crippen molar-refractivity contribution < 1.29 is 4.79 Å². The molecule has 22 heavy (non-hydrogen) atoms. The van der Waals surface area contributed by atoms with Crippen molar-refractivity contribution in [3.63, 3.8) is 0 Å². The molecule has 1 amide bonds. The Labute approximate surface area is 140 Å². The number of carbonyl (C=O) groups is 1. The van der Waals surface area contributed by atoms with E-state index in [9.17, 15) is 4.79 Å². The summed E-state index contributed by atoms with van der Waals surface area (Å²) in [6.07, 6.45) is 0. The number of amides is 1. The van der Waals surface area contributed by atoms with Crippen molar-refractivity contribution in [2.45, 2.75) is 13.8 Å². The van der Waals surface area contributed by atoms with Crippen LogP contribution in [0.3, 0.4) is 0 Å². The lowest BCUT2D eigenvalue weighted by Gasteiger charge is -2.01. The maximum atomic E-state index is 12.1. The van der Waals surface area contributed by atoms with Gasteiger partial charge < -0.3 is 0 Å². The van der Waals surface area contributed by atoms with E-state index in [0.29, 0.717) is 15.7 Å². The van der Waals surface area contributed by atoms with E-state index in [-0.39, 0.29) is 5.91 Å². The Kier molecular flexibility index (Phi) is 4.24. The molecule has 3 aromatic rings. The first-order valence-electron chi connectivity index (χ1n) is 6.50. The fraction of sp³-hybridized carbons (Fsp3) is 0.133. The van der Waals surface area contributed by atoms with Crippen LogP contribution in [0, 0.1) is 13.8 Å². The Hall–Kier alpha value is -1.76. The molecule has 0 aliphatic rings. The summed E-state index contributed by atoms with van der Waals surface area (Å²) >= 11 is 8.82. The summed E-state index contributed by atoms with van der Waals surface area (Å²) in [5, 5.41) is 6.91. The van der Waals surface area contributed by atoms with Crippen LogP contribution in [-0.4, -0.2) is 15.9 Å². The molecule has 1 aromatic carbocycles. The maximum Gasteiger partial charge on any atom is 0.257 e. The summed E-state index contributed by atoms with van der Waals surface area (Å²) in [6.45, 7) is 3.93. The van der Waals surface area contributed by atoms with Gasteiger partial charge in [0.15, 0.2) is 5.13 Å². The van der Waals surface area contributed by atoms with Crippen LogP contribution in [0.15, 0.2) is 29.6 Å². The van der Waals surface area contributed by atoms with E-state index in [1.54, 1.807) is 35.6 Å². The lowest BCUT2D eigenvalue weighted by atomic mass is 10.2. The van der Waals surface area contributed by atoms with Gasteiger partial charge in [0, 0.05) is 16.0 Å². The van der Waals surface area contributed by atoms with Crippen molar-refractivity contribution in [3.8, 4) is 10.6 Å². The Morgan fingerprint density at radius 1 is 1.18 bits per heavy atom. The second-order valence-corrected chi connectivity index (χ2v) is 7.14. The van der Waals surface area contributed by atoms with Crippen LogP contribution in [0.25, 0.3) is 10.6 Å². The zero-order valence-corrected chi connectivity index (χ0v) is 14.3. The fourth-order valence-corrected chi connectivity index (χ4v) is 3.75. The molecule has 0 bridgehead atoms. The topological polar surface area (TPSA) is 54.9 Å². The highest BCUT2D eigenvalue weighted by molar-refractivity contribution is 7.16. The average Bonchev–Trinajstić information content (AvgIpc) is 3.06. The van der Waals surface area contributed by atoms with E-state index in [4.69, 9.17) is 11.6 Å². The number of nitrogens with zero attached hydrogens (tertiary/aromatic N) is 2. The number of aryl methyl sites for hydroxylation is 2. The van der Waals surface area contributed by atoms with Gasteiger partial charge in [0.2, 0.25) is 0 Å². The van der Waals surface area contributed by atoms with Crippen molar-refractivity contribution in [1.82, 2.24) is 9.97 Å². The number of hydrogen-bond acceptors (Lipinski definition) is 5. The summed E-state index contributed by atoms with van der Waals surface area (Å²) in [5.74, 6) is -0.199. The fourth-order valence-electron chi connectivity index (χ4n) is 1.97. The smallest absolute Gasteiger partial charge is 0.257 e. The van der Waals surface area contributed by atoms with Gasteiger partial charge in [-0.3, -0.25) is 10.1 Å². The summed E-state index contributed by atoms with van der Waals surface area (Å²) in [7, 11) is 0. The Morgan fingerprint density at radius 3 is 2.55 bits per heavy atom. The summed E-state index contributed by atoms with van der Waals surface area (Å²) in [6, 6.07) is 6.74. The van der Waals surface area contributed by atoms with Crippen LogP contribution in [0.4, 0.5) is 5.13 Å². The van der Waals surface area contributed by atoms with Crippen LogP contribution in [0.2, 0.25) is 5.02 Å². The molecule has 0 saturated heterocycles. The Morgan fingerprint density at radius 2 is 1.91 bits per heavy atom. The van der Waals surface area contributed by atoms with Gasteiger partial charge >= 0.3 is 0 Å². The third kappa shape index (κ3) is 3.19. The predicted octanol–water partition coefficient (Wildman–Crippen LogP) is 4.79. The van der Waals surface area contributed by atoms with Gasteiger partial charge in [-0.25, -0.2) is 9.97 Å². The first kappa shape index (κ1) is 15.1. The number of nitrogens with one attached hydrogen (secondary N) is 1. The van der Waals surface area contributed by atoms with Gasteiger partial charge in [-0.1, -0.05) is 11.6 Å². The molecule has 0 radical (unpaired) electrons. The van der Waals surface area contributed by atoms with Crippen LogP contribution in [0.5, 0.6) is 0 Å². The van der Waals surface area contributed by atoms with Gasteiger partial charge in [0.05, 0.1) is 21.3 Å². The molecule has 0 aliphatic carbocycles. The molecule has 2 heterocycles. The van der Waals surface area contributed by atoms with E-state index in [1.165, 1.54) is 11.3 Å². The first-order valence-corrected chi connectivity index (χ1v) is 8.57. The van der Waals surface area contributed by atoms with Crippen LogP contribution in [-0.2, 0) is 0 Å². The SMILES string of the molecule is Cc1nc(C)c(-c2csc(NC(=O)c3ccc(Cl)cc3)n2)s1. The number of rotatable bonds is 3. The number of aromatic nitrogens is 2. The highest BCUT2D eigenvalue weighted by Gasteiger charge is 2.13. The number of benzene rings is 1. The van der Waals surface area contributed by atoms with E-state index >= 15 is 0 Å². The minimum Gasteiger partial charge on any atom is -0.298 e. The van der Waals surface area contributed by atoms with Gasteiger partial charge in [0.1, 0.15) is 0 Å². The van der Waals surface area contributed by atoms with Crippen LogP contribution in [0.1, 0.15) is 21.1 Å². The van der Waals surface area contributed by atoms with E-state index < -0.39 is 0 Å². The molecule has 0 unspecified atom stereocenters. The van der Waals surface area contributed by atoms with Crippen molar-refractivity contribution in [3.05, 3.63) is 50.9 Å². The number of hydrogen-bond donors (Lipinski definition) is 1. The second kappa shape index (κ2) is 6.16. The second-order valence-electron chi connectivity index (χ2n) is 4.65. The third-order valence-corrected chi connectivity index (χ3v) is 5.07. The van der Waals surface area contributed by atoms with E-state index in [2.05, 4.69) is 15.3 Å². The average molecular weight is 350 g/mol. The molecular formula is C15H12ClN3OS2. The molecule has 0 fully saturated rings. The Bertz CT molecular complexity index is 824. The minimum absolute atomic E-state index is 0.199. The zero-order valence-electron chi connectivity index (χ0n) is 11.9. The molecule has 0 atom stereocenters. The maximum absolute atomic E-state index is 12.1. The van der Waals surface area contributed by atoms with Crippen LogP contribution < -0.4 is 5.32 Å². The monoisotopic (exact) mass is 349 g/mol. The molecule has 0 aliphatic heterocycles. The standard InChI is InChI=1S/C15H12ClN3OS2/c1-8-13(22-9(2)17-8)12-7-21-15(18-12)19-14(20)10-3-5-11(16)6-4-10/h3-7H,1-2H3,(H,18,19,20). The van der Waals surface area contributed by atoms with E-state index in [1.807, 2.05) is 19.2 Å². The summed E-state index contributed by atoms with van der Waals surface area (Å²) in [5.41, 5.74) is 2.36. The van der Waals surface area contributed by atoms with Gasteiger partial charge in [-0.05, 0) is 38.1 Å². The number of anilines is 1. The predicted molar refractivity (Wildman–Crippen MR) is 92.1 cm³/mol. The lowest BCUT2D eigenvalue weighted by Crippen LogP contribution is -2.11. The number of thiazole rings is 2. The summed E-state index contributed by atoms with van der Waals surface area (Å²) in [4.78, 5) is 22.1. The first-order chi connectivity index (χ1) is 10.5. The van der Waals surface area contributed by atoms with Crippen molar-refractivity contribution in [2.75, 3.05) is 5.32 Å². The Balaban J connectivity index is 1.78. The molecule has 0 spiro atoms. The third-order valence-electron chi connectivity index (χ3n) is 2.97.